The van der Waals surface area contributed by atoms with Gasteiger partial charge in [-0.15, -0.1) is 0 Å². The van der Waals surface area contributed by atoms with Gasteiger partial charge in [-0.05, 0) is 19.1 Å². The molecule has 0 aliphatic carbocycles. The molecule has 16 heavy (non-hydrogen) atoms. The molecule has 0 bridgehead atoms. The topological polar surface area (TPSA) is 32.9 Å². The van der Waals surface area contributed by atoms with Gasteiger partial charge in [-0.2, -0.15) is 0 Å². The summed E-state index contributed by atoms with van der Waals surface area (Å²) >= 11 is 0. The summed E-state index contributed by atoms with van der Waals surface area (Å²) in [6.07, 6.45) is 0. The van der Waals surface area contributed by atoms with Gasteiger partial charge in [-0.25, -0.2) is 0 Å². The number of aromatic nitrogens is 1. The first-order valence-corrected chi connectivity index (χ1v) is 5.86. The van der Waals surface area contributed by atoms with Crippen molar-refractivity contribution in [1.29, 1.82) is 0 Å². The molecule has 0 spiro atoms. The van der Waals surface area contributed by atoms with Crippen molar-refractivity contribution in [3.63, 3.8) is 0 Å². The minimum atomic E-state index is 0. The lowest BCUT2D eigenvalue weighted by Gasteiger charge is -1.97. The number of hydrogen-bond acceptors (Lipinski definition) is 1. The predicted octanol–water partition coefficient (Wildman–Crippen LogP) is 4.13. The molecular formula is C14H23NO. The van der Waals surface area contributed by atoms with Gasteiger partial charge in [-0.1, -0.05) is 39.8 Å². The van der Waals surface area contributed by atoms with E-state index in [4.69, 9.17) is 0 Å². The molecule has 2 nitrogen and oxygen atoms in total. The quantitative estimate of drug-likeness (QED) is 0.712. The highest BCUT2D eigenvalue weighted by atomic mass is 16.1. The number of aryl methyl sites for hydroxylation is 1. The van der Waals surface area contributed by atoms with Gasteiger partial charge < -0.3 is 4.98 Å². The number of aromatic amines is 1. The number of pyridine rings is 1. The first kappa shape index (κ1) is 14.4. The van der Waals surface area contributed by atoms with Crippen LogP contribution < -0.4 is 5.43 Å². The third-order valence-electron chi connectivity index (χ3n) is 1.87. The molecule has 1 N–H and O–H groups in total. The second kappa shape index (κ2) is 7.69. The van der Waals surface area contributed by atoms with E-state index in [-0.39, 0.29) is 6.86 Å². The van der Waals surface area contributed by atoms with E-state index in [2.05, 4.69) is 4.98 Å². The summed E-state index contributed by atoms with van der Waals surface area (Å²) in [4.78, 5) is 14.5. The summed E-state index contributed by atoms with van der Waals surface area (Å²) in [5.41, 5.74) is 1.89. The van der Waals surface area contributed by atoms with E-state index < -0.39 is 0 Å². The van der Waals surface area contributed by atoms with Crippen molar-refractivity contribution in [1.82, 2.24) is 4.98 Å². The molecule has 90 valence electrons. The van der Waals surface area contributed by atoms with Crippen molar-refractivity contribution >= 4 is 10.9 Å². The molecule has 2 aromatic rings. The van der Waals surface area contributed by atoms with Crippen LogP contribution in [0.25, 0.3) is 10.9 Å². The van der Waals surface area contributed by atoms with Gasteiger partial charge in [0, 0.05) is 24.1 Å². The third-order valence-corrected chi connectivity index (χ3v) is 1.87. The van der Waals surface area contributed by atoms with Crippen molar-refractivity contribution in [2.75, 3.05) is 0 Å². The molecular weight excluding hydrogens is 198 g/mol. The zero-order chi connectivity index (χ0) is 12.6. The van der Waals surface area contributed by atoms with Crippen LogP contribution in [0.1, 0.15) is 34.8 Å². The van der Waals surface area contributed by atoms with Crippen LogP contribution in [0.3, 0.4) is 0 Å². The number of benzene rings is 1. The SMILES string of the molecule is CC.CC.Cc1cc(=O)c2ccccc2[nH]1.[HH]. The van der Waals surface area contributed by atoms with Crippen LogP contribution in [-0.4, -0.2) is 4.98 Å². The standard InChI is InChI=1S/C10H9NO.2C2H6.H2/c1-7-6-10(12)8-4-2-3-5-9(8)11-7;2*1-2;/h2-6H,1H3,(H,11,12);2*1-2H3;1H. The summed E-state index contributed by atoms with van der Waals surface area (Å²) in [6.45, 7) is 9.88. The second-order valence-corrected chi connectivity index (χ2v) is 2.86. The lowest BCUT2D eigenvalue weighted by molar-refractivity contribution is 1.24. The average Bonchev–Trinajstić information content (AvgIpc) is 2.34. The highest BCUT2D eigenvalue weighted by Gasteiger charge is 1.96. The smallest absolute Gasteiger partial charge is 0.189 e. The van der Waals surface area contributed by atoms with E-state index in [1.165, 1.54) is 0 Å². The van der Waals surface area contributed by atoms with Gasteiger partial charge >= 0.3 is 0 Å². The van der Waals surface area contributed by atoms with Crippen molar-refractivity contribution in [2.24, 2.45) is 0 Å². The monoisotopic (exact) mass is 221 g/mol. The maximum absolute atomic E-state index is 11.4. The molecule has 0 radical (unpaired) electrons. The Morgan fingerprint density at radius 2 is 1.62 bits per heavy atom. The number of nitrogens with one attached hydrogen (secondary N) is 1. The molecule has 0 unspecified atom stereocenters. The second-order valence-electron chi connectivity index (χ2n) is 2.86. The summed E-state index contributed by atoms with van der Waals surface area (Å²) < 4.78 is 0. The number of rotatable bonds is 0. The fourth-order valence-electron chi connectivity index (χ4n) is 1.33. The highest BCUT2D eigenvalue weighted by molar-refractivity contribution is 5.78. The van der Waals surface area contributed by atoms with E-state index in [0.29, 0.717) is 0 Å². The van der Waals surface area contributed by atoms with Crippen LogP contribution in [0.2, 0.25) is 0 Å². The number of H-pyrrole nitrogens is 1. The van der Waals surface area contributed by atoms with Crippen molar-refractivity contribution in [3.05, 3.63) is 46.2 Å². The van der Waals surface area contributed by atoms with Gasteiger partial charge in [0.15, 0.2) is 5.43 Å². The van der Waals surface area contributed by atoms with Gasteiger partial charge in [-0.3, -0.25) is 4.79 Å². The van der Waals surface area contributed by atoms with Gasteiger partial charge in [0.05, 0.1) is 0 Å². The fourth-order valence-corrected chi connectivity index (χ4v) is 1.33. The van der Waals surface area contributed by atoms with Crippen LogP contribution in [0.4, 0.5) is 0 Å². The number of para-hydroxylation sites is 1. The Labute approximate surface area is 98.8 Å². The van der Waals surface area contributed by atoms with Crippen LogP contribution in [0, 0.1) is 6.92 Å². The zero-order valence-electron chi connectivity index (χ0n) is 10.8. The highest BCUT2D eigenvalue weighted by Crippen LogP contribution is 2.05. The van der Waals surface area contributed by atoms with Gasteiger partial charge in [0.1, 0.15) is 0 Å². The molecule has 2 heteroatoms. The first-order valence-electron chi connectivity index (χ1n) is 5.86. The third kappa shape index (κ3) is 3.54. The minimum Gasteiger partial charge on any atom is -0.358 e. The largest absolute Gasteiger partial charge is 0.358 e. The van der Waals surface area contributed by atoms with Crippen LogP contribution in [-0.2, 0) is 0 Å². The number of fused-ring (bicyclic) bond motifs is 1. The molecule has 0 aliphatic heterocycles. The molecule has 0 atom stereocenters. The van der Waals surface area contributed by atoms with Crippen molar-refractivity contribution in [2.45, 2.75) is 34.6 Å². The Morgan fingerprint density at radius 3 is 2.25 bits per heavy atom. The zero-order valence-corrected chi connectivity index (χ0v) is 10.8. The van der Waals surface area contributed by atoms with E-state index in [0.717, 1.165) is 16.6 Å². The molecule has 0 fully saturated rings. The normalized spacial score (nSPS) is 8.56. The summed E-state index contributed by atoms with van der Waals surface area (Å²) in [5.74, 6) is 0. The molecule has 1 aromatic carbocycles. The Balaban J connectivity index is 0. The molecule has 0 aliphatic rings. The van der Waals surface area contributed by atoms with Crippen LogP contribution in [0.15, 0.2) is 35.1 Å². The van der Waals surface area contributed by atoms with Gasteiger partial charge in [0.2, 0.25) is 0 Å². The van der Waals surface area contributed by atoms with Crippen molar-refractivity contribution < 1.29 is 1.43 Å². The summed E-state index contributed by atoms with van der Waals surface area (Å²) in [7, 11) is 0. The first-order chi connectivity index (χ1) is 7.77. The Morgan fingerprint density at radius 1 is 1.06 bits per heavy atom. The van der Waals surface area contributed by atoms with E-state index in [9.17, 15) is 4.79 Å². The van der Waals surface area contributed by atoms with Crippen molar-refractivity contribution in [3.8, 4) is 0 Å². The predicted molar refractivity (Wildman–Crippen MR) is 74.1 cm³/mol. The molecule has 2 rings (SSSR count). The van der Waals surface area contributed by atoms with E-state index >= 15 is 0 Å². The Kier molecular flexibility index (Phi) is 6.93. The lowest BCUT2D eigenvalue weighted by Crippen LogP contribution is -2.01. The average molecular weight is 221 g/mol. The van der Waals surface area contributed by atoms with E-state index in [1.54, 1.807) is 6.07 Å². The Bertz CT molecular complexity index is 477. The number of hydrogen-bond donors (Lipinski definition) is 1. The molecule has 1 heterocycles. The Hall–Kier alpha value is -1.57. The fraction of sp³-hybridized carbons (Fsp3) is 0.357. The molecule has 0 amide bonds. The van der Waals surface area contributed by atoms with Crippen LogP contribution >= 0.6 is 0 Å². The molecule has 0 saturated carbocycles. The van der Waals surface area contributed by atoms with Crippen LogP contribution in [0.5, 0.6) is 0 Å². The molecule has 1 aromatic heterocycles. The minimum absolute atomic E-state index is 0. The summed E-state index contributed by atoms with van der Waals surface area (Å²) in [5, 5.41) is 0.753. The lowest BCUT2D eigenvalue weighted by atomic mass is 10.2. The maximum atomic E-state index is 11.4. The van der Waals surface area contributed by atoms with E-state index in [1.807, 2.05) is 58.9 Å². The van der Waals surface area contributed by atoms with Gasteiger partial charge in [0.25, 0.3) is 0 Å². The molecule has 0 saturated heterocycles. The maximum Gasteiger partial charge on any atom is 0.189 e. The summed E-state index contributed by atoms with van der Waals surface area (Å²) in [6, 6.07) is 9.13.